The summed E-state index contributed by atoms with van der Waals surface area (Å²) < 4.78 is 5.53. The Morgan fingerprint density at radius 2 is 1.59 bits per heavy atom. The predicted octanol–water partition coefficient (Wildman–Crippen LogP) is 2.56. The molecule has 0 radical (unpaired) electrons. The second kappa shape index (κ2) is 10.1. The molecule has 0 saturated heterocycles. The first kappa shape index (κ1) is 22.6. The molecule has 7 heteroatoms. The maximum absolute atomic E-state index is 12.3. The molecule has 0 heterocycles. The number of aliphatic carboxylic acids is 1. The zero-order valence-corrected chi connectivity index (χ0v) is 16.7. The van der Waals surface area contributed by atoms with Gasteiger partial charge in [-0.15, -0.1) is 0 Å². The van der Waals surface area contributed by atoms with E-state index < -0.39 is 17.9 Å². The Kier molecular flexibility index (Phi) is 8.43. The lowest BCUT2D eigenvalue weighted by Gasteiger charge is -2.21. The Labute approximate surface area is 160 Å². The van der Waals surface area contributed by atoms with Gasteiger partial charge in [-0.3, -0.25) is 9.59 Å². The molecule has 1 unspecified atom stereocenters. The average molecular weight is 378 g/mol. The summed E-state index contributed by atoms with van der Waals surface area (Å²) in [4.78, 5) is 37.7. The van der Waals surface area contributed by atoms with Crippen LogP contribution in [0.2, 0.25) is 0 Å². The lowest BCUT2D eigenvalue weighted by atomic mass is 10.1. The van der Waals surface area contributed by atoms with Crippen molar-refractivity contribution in [1.29, 1.82) is 0 Å². The van der Waals surface area contributed by atoms with Crippen molar-refractivity contribution in [1.82, 2.24) is 10.2 Å². The summed E-state index contributed by atoms with van der Waals surface area (Å²) in [6.07, 6.45) is 0.164. The highest BCUT2D eigenvalue weighted by atomic mass is 16.5. The second-order valence-electron chi connectivity index (χ2n) is 7.17. The Morgan fingerprint density at radius 3 is 2.04 bits per heavy atom. The highest BCUT2D eigenvalue weighted by Crippen LogP contribution is 2.10. The van der Waals surface area contributed by atoms with Crippen LogP contribution in [0.4, 0.5) is 0 Å². The van der Waals surface area contributed by atoms with Crippen LogP contribution in [-0.2, 0) is 9.53 Å². The van der Waals surface area contributed by atoms with Gasteiger partial charge in [0.05, 0.1) is 5.60 Å². The Morgan fingerprint density at radius 1 is 1.07 bits per heavy atom. The maximum Gasteiger partial charge on any atom is 0.326 e. The fourth-order valence-corrected chi connectivity index (χ4v) is 2.44. The first-order valence-electron chi connectivity index (χ1n) is 9.16. The number of nitrogens with one attached hydrogen (secondary N) is 1. The summed E-state index contributed by atoms with van der Waals surface area (Å²) in [5, 5.41) is 11.8. The van der Waals surface area contributed by atoms with Crippen molar-refractivity contribution in [2.75, 3.05) is 19.7 Å². The summed E-state index contributed by atoms with van der Waals surface area (Å²) in [7, 11) is 0. The fourth-order valence-electron chi connectivity index (χ4n) is 2.44. The van der Waals surface area contributed by atoms with E-state index in [1.807, 2.05) is 34.6 Å². The lowest BCUT2D eigenvalue weighted by Crippen LogP contribution is -2.42. The highest BCUT2D eigenvalue weighted by Gasteiger charge is 2.22. The van der Waals surface area contributed by atoms with Crippen molar-refractivity contribution in [3.63, 3.8) is 0 Å². The monoisotopic (exact) mass is 378 g/mol. The van der Waals surface area contributed by atoms with Crippen molar-refractivity contribution in [2.45, 2.75) is 52.7 Å². The van der Waals surface area contributed by atoms with Crippen LogP contribution in [0.25, 0.3) is 0 Å². The Hall–Kier alpha value is -2.41. The van der Waals surface area contributed by atoms with E-state index in [0.29, 0.717) is 24.2 Å². The molecule has 0 aromatic heterocycles. The minimum atomic E-state index is -1.12. The zero-order valence-electron chi connectivity index (χ0n) is 16.7. The summed E-state index contributed by atoms with van der Waals surface area (Å²) in [5.74, 6) is -1.72. The van der Waals surface area contributed by atoms with Gasteiger partial charge in [-0.2, -0.15) is 0 Å². The van der Waals surface area contributed by atoms with E-state index in [1.165, 1.54) is 12.1 Å². The summed E-state index contributed by atoms with van der Waals surface area (Å²) in [6, 6.07) is 5.16. The van der Waals surface area contributed by atoms with Crippen LogP contribution in [0.3, 0.4) is 0 Å². The van der Waals surface area contributed by atoms with E-state index in [4.69, 9.17) is 4.74 Å². The second-order valence-corrected chi connectivity index (χ2v) is 7.17. The first-order valence-corrected chi connectivity index (χ1v) is 9.16. The molecule has 1 rings (SSSR count). The fraction of sp³-hybridized carbons (Fsp3) is 0.550. The molecule has 1 atom stereocenters. The van der Waals surface area contributed by atoms with Crippen molar-refractivity contribution < 1.29 is 24.2 Å². The number of hydrogen-bond acceptors (Lipinski definition) is 4. The lowest BCUT2D eigenvalue weighted by molar-refractivity contribution is -0.140. The molecule has 1 aromatic carbocycles. The summed E-state index contributed by atoms with van der Waals surface area (Å²) >= 11 is 0. The van der Waals surface area contributed by atoms with Gasteiger partial charge < -0.3 is 20.1 Å². The van der Waals surface area contributed by atoms with Gasteiger partial charge in [-0.25, -0.2) is 4.79 Å². The molecular formula is C20H30N2O5. The number of carbonyl (C=O) groups is 3. The molecule has 2 N–H and O–H groups in total. The standard InChI is InChI=1S/C20H30N2O5/c1-6-22(7-2)18(24)15-10-8-14(9-11-15)17(23)21-16(19(25)26)12-13-27-20(3,4)5/h8-11,16H,6-7,12-13H2,1-5H3,(H,21,23)(H,25,26). The third-order valence-electron chi connectivity index (χ3n) is 3.99. The van der Waals surface area contributed by atoms with Gasteiger partial charge in [0.15, 0.2) is 0 Å². The molecule has 0 spiro atoms. The third-order valence-corrected chi connectivity index (χ3v) is 3.99. The van der Waals surface area contributed by atoms with Gasteiger partial charge >= 0.3 is 5.97 Å². The molecule has 0 bridgehead atoms. The topological polar surface area (TPSA) is 95.9 Å². The van der Waals surface area contributed by atoms with Crippen LogP contribution in [0.15, 0.2) is 24.3 Å². The van der Waals surface area contributed by atoms with Gasteiger partial charge in [0.1, 0.15) is 6.04 Å². The minimum absolute atomic E-state index is 0.102. The highest BCUT2D eigenvalue weighted by molar-refractivity contribution is 5.99. The number of carbonyl (C=O) groups excluding carboxylic acids is 2. The zero-order chi connectivity index (χ0) is 20.6. The van der Waals surface area contributed by atoms with Gasteiger partial charge in [0.2, 0.25) is 0 Å². The third kappa shape index (κ3) is 7.38. The predicted molar refractivity (Wildman–Crippen MR) is 103 cm³/mol. The number of hydrogen-bond donors (Lipinski definition) is 2. The van der Waals surface area contributed by atoms with Crippen molar-refractivity contribution >= 4 is 17.8 Å². The van der Waals surface area contributed by atoms with Crippen LogP contribution >= 0.6 is 0 Å². The molecule has 0 aliphatic carbocycles. The van der Waals surface area contributed by atoms with Crippen LogP contribution in [0.5, 0.6) is 0 Å². The number of ether oxygens (including phenoxy) is 1. The Bertz CT molecular complexity index is 645. The van der Waals surface area contributed by atoms with E-state index in [-0.39, 0.29) is 24.5 Å². The molecule has 0 fully saturated rings. The van der Waals surface area contributed by atoms with Crippen LogP contribution in [0.1, 0.15) is 61.8 Å². The van der Waals surface area contributed by atoms with Gasteiger partial charge in [0, 0.05) is 37.2 Å². The average Bonchev–Trinajstić information content (AvgIpc) is 2.60. The van der Waals surface area contributed by atoms with Crippen LogP contribution in [0, 0.1) is 0 Å². The molecule has 2 amide bonds. The maximum atomic E-state index is 12.3. The molecule has 0 aliphatic heterocycles. The van der Waals surface area contributed by atoms with Crippen molar-refractivity contribution in [3.05, 3.63) is 35.4 Å². The number of carboxylic acids is 1. The molecule has 0 saturated carbocycles. The van der Waals surface area contributed by atoms with E-state index in [0.717, 1.165) is 0 Å². The van der Waals surface area contributed by atoms with E-state index >= 15 is 0 Å². The van der Waals surface area contributed by atoms with Crippen LogP contribution < -0.4 is 5.32 Å². The SMILES string of the molecule is CCN(CC)C(=O)c1ccc(C(=O)NC(CCOC(C)(C)C)C(=O)O)cc1. The number of rotatable bonds is 9. The summed E-state index contributed by atoms with van der Waals surface area (Å²) in [5.41, 5.74) is 0.415. The van der Waals surface area contributed by atoms with Crippen molar-refractivity contribution in [3.8, 4) is 0 Å². The number of amides is 2. The number of carboxylic acid groups (broad SMARTS) is 1. The molecule has 150 valence electrons. The van der Waals surface area contributed by atoms with E-state index in [9.17, 15) is 19.5 Å². The van der Waals surface area contributed by atoms with E-state index in [2.05, 4.69) is 5.32 Å². The Balaban J connectivity index is 2.74. The summed E-state index contributed by atoms with van der Waals surface area (Å²) in [6.45, 7) is 10.9. The molecule has 7 nitrogen and oxygen atoms in total. The molecular weight excluding hydrogens is 348 g/mol. The van der Waals surface area contributed by atoms with Crippen molar-refractivity contribution in [2.24, 2.45) is 0 Å². The molecule has 1 aromatic rings. The first-order chi connectivity index (χ1) is 12.6. The smallest absolute Gasteiger partial charge is 0.326 e. The molecule has 0 aliphatic rings. The van der Waals surface area contributed by atoms with Gasteiger partial charge in [0.25, 0.3) is 11.8 Å². The van der Waals surface area contributed by atoms with Gasteiger partial charge in [-0.1, -0.05) is 0 Å². The molecule has 27 heavy (non-hydrogen) atoms. The number of nitrogens with zero attached hydrogens (tertiary/aromatic N) is 1. The quantitative estimate of drug-likeness (QED) is 0.688. The van der Waals surface area contributed by atoms with E-state index in [1.54, 1.807) is 17.0 Å². The minimum Gasteiger partial charge on any atom is -0.480 e. The normalized spacial score (nSPS) is 12.3. The van der Waals surface area contributed by atoms with Gasteiger partial charge in [-0.05, 0) is 58.9 Å². The van der Waals surface area contributed by atoms with Crippen LogP contribution in [-0.4, -0.2) is 59.1 Å². The number of benzene rings is 1. The largest absolute Gasteiger partial charge is 0.480 e.